The minimum atomic E-state index is -0.377. The highest BCUT2D eigenvalue weighted by Crippen LogP contribution is 2.10. The topological polar surface area (TPSA) is 45.1 Å². The monoisotopic (exact) mass is 158 g/mol. The second kappa shape index (κ2) is 3.69. The molecule has 0 amide bonds. The molecule has 64 valence electrons. The number of aliphatic hydroxyl groups excluding tert-OH is 1. The third kappa shape index (κ3) is 1.91. The van der Waals surface area contributed by atoms with Crippen molar-refractivity contribution in [2.24, 2.45) is 4.99 Å². The second-order valence-electron chi connectivity index (χ2n) is 2.67. The molecule has 11 heavy (non-hydrogen) atoms. The zero-order valence-corrected chi connectivity index (χ0v) is 6.90. The van der Waals surface area contributed by atoms with Crippen LogP contribution in [0.5, 0.6) is 0 Å². The molecular weight excluding hydrogens is 144 g/mol. The van der Waals surface area contributed by atoms with Crippen molar-refractivity contribution < 1.29 is 9.84 Å². The molecule has 0 saturated carbocycles. The van der Waals surface area contributed by atoms with Gasteiger partial charge >= 0.3 is 0 Å². The summed E-state index contributed by atoms with van der Waals surface area (Å²) in [6.45, 7) is 1.35. The van der Waals surface area contributed by atoms with Crippen molar-refractivity contribution in [2.75, 3.05) is 27.2 Å². The summed E-state index contributed by atoms with van der Waals surface area (Å²) in [5.74, 6) is 0. The summed E-state index contributed by atoms with van der Waals surface area (Å²) in [7, 11) is 3.33. The molecule has 2 atom stereocenters. The molecule has 0 radical (unpaired) electrons. The Balaban J connectivity index is 2.42. The third-order valence-corrected chi connectivity index (χ3v) is 1.85. The second-order valence-corrected chi connectivity index (χ2v) is 2.67. The molecule has 1 fully saturated rings. The molecule has 1 N–H and O–H groups in total. The number of aliphatic hydroxyl groups is 1. The van der Waals surface area contributed by atoms with Gasteiger partial charge in [-0.05, 0) is 0 Å². The van der Waals surface area contributed by atoms with Crippen LogP contribution in [0.2, 0.25) is 0 Å². The first-order valence-corrected chi connectivity index (χ1v) is 3.65. The molecule has 4 nitrogen and oxygen atoms in total. The van der Waals surface area contributed by atoms with E-state index in [-0.39, 0.29) is 12.2 Å². The lowest BCUT2D eigenvalue weighted by atomic mass is 10.3. The largest absolute Gasteiger partial charge is 0.388 e. The van der Waals surface area contributed by atoms with Crippen LogP contribution in [0.25, 0.3) is 0 Å². The van der Waals surface area contributed by atoms with Gasteiger partial charge in [0.2, 0.25) is 0 Å². The molecule has 0 bridgehead atoms. The fourth-order valence-electron chi connectivity index (χ4n) is 1.27. The van der Waals surface area contributed by atoms with E-state index in [9.17, 15) is 5.11 Å². The van der Waals surface area contributed by atoms with Crippen LogP contribution in [0.4, 0.5) is 0 Å². The molecule has 1 heterocycles. The van der Waals surface area contributed by atoms with Gasteiger partial charge in [-0.3, -0.25) is 4.99 Å². The molecule has 1 aliphatic rings. The first-order chi connectivity index (χ1) is 5.27. The molecule has 1 rings (SSSR count). The maximum atomic E-state index is 9.36. The van der Waals surface area contributed by atoms with Crippen LogP contribution in [0, 0.1) is 0 Å². The van der Waals surface area contributed by atoms with Crippen LogP contribution in [0.15, 0.2) is 4.99 Å². The Kier molecular flexibility index (Phi) is 2.84. The first-order valence-electron chi connectivity index (χ1n) is 3.65. The van der Waals surface area contributed by atoms with Crippen molar-refractivity contribution in [3.05, 3.63) is 0 Å². The number of hydrogen-bond donors (Lipinski definition) is 1. The highest BCUT2D eigenvalue weighted by molar-refractivity contribution is 5.55. The highest BCUT2D eigenvalue weighted by Gasteiger charge is 2.29. The molecule has 0 aromatic carbocycles. The third-order valence-electron chi connectivity index (χ3n) is 1.85. The smallest absolute Gasteiger partial charge is 0.102 e. The maximum absolute atomic E-state index is 9.36. The van der Waals surface area contributed by atoms with Crippen LogP contribution >= 0.6 is 0 Å². The van der Waals surface area contributed by atoms with Gasteiger partial charge in [-0.1, -0.05) is 0 Å². The van der Waals surface area contributed by atoms with E-state index in [1.54, 1.807) is 20.5 Å². The first kappa shape index (κ1) is 8.49. The summed E-state index contributed by atoms with van der Waals surface area (Å²) in [6.07, 6.45) is 1.29. The average Bonchev–Trinajstić information content (AvgIpc) is 2.32. The zero-order valence-electron chi connectivity index (χ0n) is 6.90. The van der Waals surface area contributed by atoms with Crippen molar-refractivity contribution in [3.63, 3.8) is 0 Å². The summed E-state index contributed by atoms with van der Waals surface area (Å²) < 4.78 is 5.05. The van der Waals surface area contributed by atoms with Crippen molar-refractivity contribution in [1.82, 2.24) is 4.90 Å². The van der Waals surface area contributed by atoms with Crippen molar-refractivity contribution in [2.45, 2.75) is 12.2 Å². The van der Waals surface area contributed by atoms with Gasteiger partial charge in [-0.25, -0.2) is 0 Å². The van der Waals surface area contributed by atoms with E-state index in [4.69, 9.17) is 4.74 Å². The molecule has 4 heteroatoms. The lowest BCUT2D eigenvalue weighted by Crippen LogP contribution is -2.25. The van der Waals surface area contributed by atoms with Crippen LogP contribution in [0.3, 0.4) is 0 Å². The number of hydrogen-bond acceptors (Lipinski definition) is 3. The Hall–Kier alpha value is -0.610. The lowest BCUT2D eigenvalue weighted by Gasteiger charge is -2.09. The minimum Gasteiger partial charge on any atom is -0.388 e. The molecule has 0 aromatic rings. The van der Waals surface area contributed by atoms with Crippen molar-refractivity contribution >= 4 is 6.34 Å². The Labute approximate surface area is 66.5 Å². The summed E-state index contributed by atoms with van der Waals surface area (Å²) in [5.41, 5.74) is 0. The number of β-amino-alcohol motifs (C(OH)–C–C–N with tert-alkyl or cyclic N) is 1. The van der Waals surface area contributed by atoms with E-state index in [1.165, 1.54) is 0 Å². The molecule has 0 unspecified atom stereocenters. The van der Waals surface area contributed by atoms with E-state index in [1.807, 2.05) is 4.90 Å². The molecular formula is C7H14N2O2. The number of likely N-dealkylation sites (tertiary alicyclic amines) is 1. The Morgan fingerprint density at radius 1 is 1.64 bits per heavy atom. The van der Waals surface area contributed by atoms with Gasteiger partial charge in [-0.2, -0.15) is 0 Å². The van der Waals surface area contributed by atoms with Crippen molar-refractivity contribution in [3.8, 4) is 0 Å². The van der Waals surface area contributed by atoms with Crippen LogP contribution in [-0.2, 0) is 4.74 Å². The fourth-order valence-corrected chi connectivity index (χ4v) is 1.27. The standard InChI is InChI=1S/C7H14N2O2/c1-8-5-9-3-6(10)7(4-9)11-2/h5-7,10H,3-4H2,1-2H3/t6-,7-/m1/s1. The Morgan fingerprint density at radius 2 is 2.36 bits per heavy atom. The fraction of sp³-hybridized carbons (Fsp3) is 0.857. The predicted octanol–water partition coefficient (Wildman–Crippen LogP) is -0.664. The quantitative estimate of drug-likeness (QED) is 0.428. The number of aliphatic imine (C=N–C) groups is 1. The van der Waals surface area contributed by atoms with Crippen LogP contribution < -0.4 is 0 Å². The van der Waals surface area contributed by atoms with Crippen molar-refractivity contribution in [1.29, 1.82) is 0 Å². The predicted molar refractivity (Wildman–Crippen MR) is 42.8 cm³/mol. The summed E-state index contributed by atoms with van der Waals surface area (Å²) in [6, 6.07) is 0. The average molecular weight is 158 g/mol. The van der Waals surface area contributed by atoms with Gasteiger partial charge in [0.25, 0.3) is 0 Å². The number of nitrogens with zero attached hydrogens (tertiary/aromatic N) is 2. The number of methoxy groups -OCH3 is 1. The maximum Gasteiger partial charge on any atom is 0.102 e. The number of rotatable bonds is 2. The van der Waals surface area contributed by atoms with E-state index in [2.05, 4.69) is 4.99 Å². The Bertz CT molecular complexity index is 149. The normalized spacial score (nSPS) is 32.1. The van der Waals surface area contributed by atoms with Crippen LogP contribution in [0.1, 0.15) is 0 Å². The molecule has 0 aromatic heterocycles. The SMILES string of the molecule is CN=CN1C[C@@H](O)[C@H](OC)C1. The summed E-state index contributed by atoms with van der Waals surface area (Å²) >= 11 is 0. The molecule has 0 spiro atoms. The van der Waals surface area contributed by atoms with E-state index in [0.717, 1.165) is 6.54 Å². The van der Waals surface area contributed by atoms with Gasteiger partial charge in [0.1, 0.15) is 6.10 Å². The minimum absolute atomic E-state index is 0.0620. The zero-order chi connectivity index (χ0) is 8.27. The van der Waals surface area contributed by atoms with Crippen LogP contribution in [-0.4, -0.2) is 55.8 Å². The molecule has 0 aliphatic carbocycles. The van der Waals surface area contributed by atoms with E-state index < -0.39 is 0 Å². The summed E-state index contributed by atoms with van der Waals surface area (Å²) in [4.78, 5) is 5.80. The van der Waals surface area contributed by atoms with E-state index >= 15 is 0 Å². The number of ether oxygens (including phenoxy) is 1. The lowest BCUT2D eigenvalue weighted by molar-refractivity contribution is 0.0216. The van der Waals surface area contributed by atoms with Gasteiger partial charge in [0.15, 0.2) is 0 Å². The van der Waals surface area contributed by atoms with Gasteiger partial charge in [-0.15, -0.1) is 0 Å². The molecule has 1 aliphatic heterocycles. The van der Waals surface area contributed by atoms with Gasteiger partial charge in [0.05, 0.1) is 12.4 Å². The Morgan fingerprint density at radius 3 is 2.82 bits per heavy atom. The van der Waals surface area contributed by atoms with Gasteiger partial charge in [0, 0.05) is 27.2 Å². The highest BCUT2D eigenvalue weighted by atomic mass is 16.5. The molecule has 1 saturated heterocycles. The van der Waals surface area contributed by atoms with Gasteiger partial charge < -0.3 is 14.7 Å². The summed E-state index contributed by atoms with van der Waals surface area (Å²) in [5, 5.41) is 9.36. The van der Waals surface area contributed by atoms with E-state index in [0.29, 0.717) is 6.54 Å².